The van der Waals surface area contributed by atoms with Crippen molar-refractivity contribution in [3.8, 4) is 0 Å². The number of piperazine rings is 1. The second-order valence-corrected chi connectivity index (χ2v) is 6.63. The van der Waals surface area contributed by atoms with Crippen molar-refractivity contribution in [1.29, 1.82) is 0 Å². The third kappa shape index (κ3) is 4.22. The number of nitrogens with one attached hydrogen (secondary N) is 1. The lowest BCUT2D eigenvalue weighted by Crippen LogP contribution is -2.46. The molecular weight excluding hydrogens is 288 g/mol. The predicted molar refractivity (Wildman–Crippen MR) is 92.9 cm³/mol. The van der Waals surface area contributed by atoms with E-state index in [1.165, 1.54) is 19.3 Å². The Morgan fingerprint density at radius 2 is 1.96 bits per heavy atom. The van der Waals surface area contributed by atoms with Crippen molar-refractivity contribution in [2.45, 2.75) is 45.1 Å². The number of likely N-dealkylation sites (N-methyl/N-ethyl adjacent to an activating group) is 1. The van der Waals surface area contributed by atoms with E-state index in [0.717, 1.165) is 51.3 Å². The van der Waals surface area contributed by atoms with Gasteiger partial charge in [0.25, 0.3) is 5.91 Å². The van der Waals surface area contributed by atoms with Crippen molar-refractivity contribution < 1.29 is 4.79 Å². The summed E-state index contributed by atoms with van der Waals surface area (Å²) in [7, 11) is 0. The van der Waals surface area contributed by atoms with Crippen LogP contribution in [0.2, 0.25) is 0 Å². The number of carbonyl (C=O) groups is 1. The lowest BCUT2D eigenvalue weighted by Gasteiger charge is -2.35. The van der Waals surface area contributed by atoms with Crippen LogP contribution in [-0.2, 0) is 0 Å². The summed E-state index contributed by atoms with van der Waals surface area (Å²) in [5, 5.41) is 3.15. The fourth-order valence-electron chi connectivity index (χ4n) is 3.57. The molecule has 0 bridgehead atoms. The number of carbonyl (C=O) groups excluding carboxylic acids is 1. The van der Waals surface area contributed by atoms with Gasteiger partial charge in [0.2, 0.25) is 0 Å². The molecule has 1 saturated heterocycles. The minimum absolute atomic E-state index is 0.0223. The topological polar surface area (TPSA) is 48.5 Å². The smallest absolute Gasteiger partial charge is 0.270 e. The third-order valence-corrected chi connectivity index (χ3v) is 5.10. The van der Waals surface area contributed by atoms with E-state index in [0.29, 0.717) is 11.7 Å². The molecule has 0 radical (unpaired) electrons. The fraction of sp³-hybridized carbons (Fsp3) is 0.667. The quantitative estimate of drug-likeness (QED) is 0.926. The first-order valence-electron chi connectivity index (χ1n) is 9.00. The molecule has 1 aromatic heterocycles. The average molecular weight is 316 g/mol. The van der Waals surface area contributed by atoms with Gasteiger partial charge in [0.05, 0.1) is 0 Å². The van der Waals surface area contributed by atoms with Crippen molar-refractivity contribution in [3.05, 3.63) is 24.0 Å². The van der Waals surface area contributed by atoms with Crippen molar-refractivity contribution in [3.63, 3.8) is 0 Å². The molecule has 2 fully saturated rings. The number of nitrogens with zero attached hydrogens (tertiary/aromatic N) is 3. The van der Waals surface area contributed by atoms with Gasteiger partial charge in [-0.2, -0.15) is 0 Å². The van der Waals surface area contributed by atoms with Crippen LogP contribution in [0.5, 0.6) is 0 Å². The van der Waals surface area contributed by atoms with Crippen LogP contribution in [0, 0.1) is 0 Å². The number of pyridine rings is 1. The maximum Gasteiger partial charge on any atom is 0.270 e. The molecule has 1 aromatic rings. The van der Waals surface area contributed by atoms with E-state index in [-0.39, 0.29) is 5.91 Å². The molecular formula is C18H28N4O. The summed E-state index contributed by atoms with van der Waals surface area (Å²) in [4.78, 5) is 21.5. The van der Waals surface area contributed by atoms with E-state index >= 15 is 0 Å². The number of aromatic nitrogens is 1. The molecule has 1 amide bonds. The largest absolute Gasteiger partial charge is 0.369 e. The SMILES string of the molecule is CCN1CCN(c2ccnc(C(=O)NC3CCCCC3)c2)CC1. The van der Waals surface area contributed by atoms with Gasteiger partial charge in [-0.25, -0.2) is 0 Å². The second-order valence-electron chi connectivity index (χ2n) is 6.63. The Hall–Kier alpha value is -1.62. The minimum atomic E-state index is -0.0223. The minimum Gasteiger partial charge on any atom is -0.369 e. The number of amides is 1. The molecule has 0 aromatic carbocycles. The van der Waals surface area contributed by atoms with Crippen LogP contribution in [-0.4, -0.2) is 54.6 Å². The predicted octanol–water partition coefficient (Wildman–Crippen LogP) is 2.29. The van der Waals surface area contributed by atoms with Gasteiger partial charge in [0, 0.05) is 44.1 Å². The summed E-state index contributed by atoms with van der Waals surface area (Å²) >= 11 is 0. The molecule has 126 valence electrons. The van der Waals surface area contributed by atoms with Crippen LogP contribution >= 0.6 is 0 Å². The molecule has 1 aliphatic heterocycles. The van der Waals surface area contributed by atoms with E-state index < -0.39 is 0 Å². The first kappa shape index (κ1) is 16.2. The number of rotatable bonds is 4. The monoisotopic (exact) mass is 316 g/mol. The summed E-state index contributed by atoms with van der Waals surface area (Å²) in [6.45, 7) is 7.52. The summed E-state index contributed by atoms with van der Waals surface area (Å²) < 4.78 is 0. The van der Waals surface area contributed by atoms with Gasteiger partial charge in [0.15, 0.2) is 0 Å². The molecule has 23 heavy (non-hydrogen) atoms. The number of hydrogen-bond donors (Lipinski definition) is 1. The first-order chi connectivity index (χ1) is 11.3. The number of anilines is 1. The maximum absolute atomic E-state index is 12.4. The molecule has 3 rings (SSSR count). The van der Waals surface area contributed by atoms with Crippen LogP contribution in [0.1, 0.15) is 49.5 Å². The van der Waals surface area contributed by atoms with Crippen molar-refractivity contribution in [1.82, 2.24) is 15.2 Å². The molecule has 1 N–H and O–H groups in total. The van der Waals surface area contributed by atoms with E-state index in [9.17, 15) is 4.79 Å². The highest BCUT2D eigenvalue weighted by molar-refractivity contribution is 5.93. The Balaban J connectivity index is 1.61. The molecule has 5 nitrogen and oxygen atoms in total. The standard InChI is InChI=1S/C18H28N4O/c1-2-21-10-12-22(13-11-21)16-8-9-19-17(14-16)18(23)20-15-6-4-3-5-7-15/h8-9,14-15H,2-7,10-13H2,1H3,(H,20,23). The molecule has 2 aliphatic rings. The molecule has 0 spiro atoms. The summed E-state index contributed by atoms with van der Waals surface area (Å²) in [6.07, 6.45) is 7.70. The van der Waals surface area contributed by atoms with Gasteiger partial charge in [0.1, 0.15) is 5.69 Å². The Morgan fingerprint density at radius 3 is 2.65 bits per heavy atom. The van der Waals surface area contributed by atoms with E-state index in [1.54, 1.807) is 6.20 Å². The second kappa shape index (κ2) is 7.77. The molecule has 0 unspecified atom stereocenters. The zero-order chi connectivity index (χ0) is 16.1. The van der Waals surface area contributed by atoms with Crippen molar-refractivity contribution >= 4 is 11.6 Å². The van der Waals surface area contributed by atoms with Gasteiger partial charge in [-0.05, 0) is 31.5 Å². The number of hydrogen-bond acceptors (Lipinski definition) is 4. The molecule has 1 saturated carbocycles. The van der Waals surface area contributed by atoms with E-state index in [4.69, 9.17) is 0 Å². The van der Waals surface area contributed by atoms with E-state index in [2.05, 4.69) is 27.0 Å². The van der Waals surface area contributed by atoms with Gasteiger partial charge >= 0.3 is 0 Å². The maximum atomic E-state index is 12.4. The zero-order valence-electron chi connectivity index (χ0n) is 14.1. The Morgan fingerprint density at radius 1 is 1.22 bits per heavy atom. The first-order valence-corrected chi connectivity index (χ1v) is 9.00. The van der Waals surface area contributed by atoms with Crippen LogP contribution < -0.4 is 10.2 Å². The highest BCUT2D eigenvalue weighted by atomic mass is 16.1. The van der Waals surface area contributed by atoms with Crippen LogP contribution in [0.4, 0.5) is 5.69 Å². The van der Waals surface area contributed by atoms with E-state index in [1.807, 2.05) is 12.1 Å². The molecule has 2 heterocycles. The summed E-state index contributed by atoms with van der Waals surface area (Å²) in [6, 6.07) is 4.29. The van der Waals surface area contributed by atoms with Gasteiger partial charge in [-0.15, -0.1) is 0 Å². The normalized spacial score (nSPS) is 20.5. The van der Waals surface area contributed by atoms with Crippen LogP contribution in [0.3, 0.4) is 0 Å². The van der Waals surface area contributed by atoms with Crippen LogP contribution in [0.25, 0.3) is 0 Å². The lowest BCUT2D eigenvalue weighted by molar-refractivity contribution is 0.0922. The van der Waals surface area contributed by atoms with Gasteiger partial charge in [-0.3, -0.25) is 9.78 Å². The van der Waals surface area contributed by atoms with Crippen molar-refractivity contribution in [2.24, 2.45) is 0 Å². The molecule has 1 aliphatic carbocycles. The summed E-state index contributed by atoms with van der Waals surface area (Å²) in [5.41, 5.74) is 1.66. The Kier molecular flexibility index (Phi) is 5.49. The summed E-state index contributed by atoms with van der Waals surface area (Å²) in [5.74, 6) is -0.0223. The Bertz CT molecular complexity index is 520. The lowest BCUT2D eigenvalue weighted by atomic mass is 9.95. The van der Waals surface area contributed by atoms with Crippen molar-refractivity contribution in [2.75, 3.05) is 37.6 Å². The highest BCUT2D eigenvalue weighted by Gasteiger charge is 2.20. The third-order valence-electron chi connectivity index (χ3n) is 5.10. The Labute approximate surface area is 139 Å². The molecule has 5 heteroatoms. The zero-order valence-corrected chi connectivity index (χ0v) is 14.1. The average Bonchev–Trinajstić information content (AvgIpc) is 2.63. The van der Waals surface area contributed by atoms with Gasteiger partial charge in [-0.1, -0.05) is 26.2 Å². The van der Waals surface area contributed by atoms with Crippen LogP contribution in [0.15, 0.2) is 18.3 Å². The van der Waals surface area contributed by atoms with Gasteiger partial charge < -0.3 is 15.1 Å². The molecule has 0 atom stereocenters. The fourth-order valence-corrected chi connectivity index (χ4v) is 3.57. The highest BCUT2D eigenvalue weighted by Crippen LogP contribution is 2.19.